The minimum Gasteiger partial charge on any atom is -0.507 e. The van der Waals surface area contributed by atoms with E-state index in [9.17, 15) is 10.2 Å². The van der Waals surface area contributed by atoms with Crippen molar-refractivity contribution in [3.05, 3.63) is 156 Å². The maximum atomic E-state index is 11.2. The molecule has 0 aliphatic carbocycles. The van der Waals surface area contributed by atoms with Gasteiger partial charge in [0.2, 0.25) is 0 Å². The molecule has 0 amide bonds. The first-order valence-electron chi connectivity index (χ1n) is 23.2. The van der Waals surface area contributed by atoms with Crippen LogP contribution in [0.5, 0.6) is 11.5 Å². The first-order valence-corrected chi connectivity index (χ1v) is 25.2. The number of nitrogens with zero attached hydrogens (tertiary/aromatic N) is 2. The number of phenols is 2. The van der Waals surface area contributed by atoms with Gasteiger partial charge in [0.25, 0.3) is 0 Å². The van der Waals surface area contributed by atoms with Gasteiger partial charge in [0.1, 0.15) is 11.5 Å². The van der Waals surface area contributed by atoms with Crippen LogP contribution in [0.2, 0.25) is 0 Å². The summed E-state index contributed by atoms with van der Waals surface area (Å²) in [5, 5.41) is 26.1. The number of para-hydroxylation sites is 2. The van der Waals surface area contributed by atoms with E-state index >= 15 is 0 Å². The Bertz CT molecular complexity index is 2210. The molecule has 65 heavy (non-hydrogen) atoms. The molecule has 3 N–H and O–H groups in total. The highest BCUT2D eigenvalue weighted by molar-refractivity contribution is 7.99. The molecule has 7 heteroatoms. The molecule has 344 valence electrons. The lowest BCUT2D eigenvalue weighted by atomic mass is 9.79. The number of hydrogen-bond donors (Lipinski definition) is 3. The summed E-state index contributed by atoms with van der Waals surface area (Å²) in [5.74, 6) is 2.80. The lowest BCUT2D eigenvalue weighted by Gasteiger charge is -2.28. The van der Waals surface area contributed by atoms with Crippen molar-refractivity contribution in [2.45, 2.75) is 127 Å². The summed E-state index contributed by atoms with van der Waals surface area (Å²) in [6.07, 6.45) is 1.99. The molecule has 0 heterocycles. The molecule has 6 aromatic rings. The third kappa shape index (κ3) is 13.1. The van der Waals surface area contributed by atoms with Crippen LogP contribution < -0.4 is 15.1 Å². The van der Waals surface area contributed by atoms with Gasteiger partial charge in [-0.25, -0.2) is 0 Å². The topological polar surface area (TPSA) is 59.0 Å². The van der Waals surface area contributed by atoms with E-state index in [-0.39, 0.29) is 21.7 Å². The van der Waals surface area contributed by atoms with Crippen LogP contribution in [0.3, 0.4) is 0 Å². The molecule has 0 fully saturated rings. The minimum atomic E-state index is -0.148. The Morgan fingerprint density at radius 2 is 0.677 bits per heavy atom. The molecular formula is C58H73N3O2S2. The highest BCUT2D eigenvalue weighted by Crippen LogP contribution is 2.44. The molecule has 6 rings (SSSR count). The van der Waals surface area contributed by atoms with Crippen LogP contribution >= 0.6 is 23.5 Å². The number of aromatic hydroxyl groups is 2. The van der Waals surface area contributed by atoms with Gasteiger partial charge in [0, 0.05) is 79.3 Å². The third-order valence-corrected chi connectivity index (χ3v) is 13.9. The monoisotopic (exact) mass is 908 g/mol. The average Bonchev–Trinajstić information content (AvgIpc) is 3.24. The molecule has 0 radical (unpaired) electrons. The van der Waals surface area contributed by atoms with Gasteiger partial charge in [0.05, 0.1) is 0 Å². The Balaban J connectivity index is 1.10. The van der Waals surface area contributed by atoms with Gasteiger partial charge in [-0.2, -0.15) is 0 Å². The molecule has 0 spiro atoms. The predicted molar refractivity (Wildman–Crippen MR) is 285 cm³/mol. The zero-order valence-corrected chi connectivity index (χ0v) is 42.7. The van der Waals surface area contributed by atoms with Crippen molar-refractivity contribution in [1.29, 1.82) is 0 Å². The van der Waals surface area contributed by atoms with Crippen molar-refractivity contribution in [2.24, 2.45) is 0 Å². The molecule has 0 saturated heterocycles. The minimum absolute atomic E-state index is 0.148. The van der Waals surface area contributed by atoms with Crippen molar-refractivity contribution in [3.63, 3.8) is 0 Å². The lowest BCUT2D eigenvalue weighted by molar-refractivity contribution is 0.421. The van der Waals surface area contributed by atoms with Gasteiger partial charge < -0.3 is 25.3 Å². The number of nitrogens with one attached hydrogen (secondary N) is 1. The summed E-state index contributed by atoms with van der Waals surface area (Å²) in [6.45, 7) is 27.8. The van der Waals surface area contributed by atoms with Gasteiger partial charge in [-0.1, -0.05) is 119 Å². The van der Waals surface area contributed by atoms with Crippen molar-refractivity contribution < 1.29 is 10.2 Å². The summed E-state index contributed by atoms with van der Waals surface area (Å²) in [7, 11) is 0. The van der Waals surface area contributed by atoms with Crippen LogP contribution in [-0.2, 0) is 21.7 Å². The van der Waals surface area contributed by atoms with Crippen molar-refractivity contribution in [2.75, 3.05) is 39.7 Å². The van der Waals surface area contributed by atoms with Crippen molar-refractivity contribution in [3.8, 4) is 11.5 Å². The van der Waals surface area contributed by atoms with Crippen molar-refractivity contribution in [1.82, 2.24) is 0 Å². The molecule has 0 aliphatic rings. The molecule has 0 unspecified atom stereocenters. The van der Waals surface area contributed by atoms with Gasteiger partial charge in [0.15, 0.2) is 0 Å². The maximum Gasteiger partial charge on any atom is 0.123 e. The Labute approximate surface area is 400 Å². The second-order valence-corrected chi connectivity index (χ2v) is 23.7. The van der Waals surface area contributed by atoms with Crippen LogP contribution in [-0.4, -0.2) is 34.8 Å². The third-order valence-electron chi connectivity index (χ3n) is 11.8. The first-order chi connectivity index (χ1) is 30.6. The molecule has 5 nitrogen and oxygen atoms in total. The zero-order valence-electron chi connectivity index (χ0n) is 41.0. The van der Waals surface area contributed by atoms with Crippen molar-refractivity contribution >= 4 is 57.6 Å². The largest absolute Gasteiger partial charge is 0.507 e. The van der Waals surface area contributed by atoms with E-state index in [1.54, 1.807) is 0 Å². The first kappa shape index (κ1) is 49.5. The van der Waals surface area contributed by atoms with E-state index < -0.39 is 0 Å². The standard InChI is InChI=1S/C58H73N3O2S2/c1-55(2,3)49-37-47(38-50(53(49)62)56(4,5)6)64-35-19-33-60(43-21-15-13-16-22-43)45-29-25-41(26-30-45)59-42-27-31-46(32-28-42)61(44-23-17-14-18-24-44)34-20-36-65-48-39-51(57(7,8)9)54(63)52(40-48)58(10,11)12/h13-18,21-32,37-40,59,62-63H,19-20,33-36H2,1-12H3. The molecular weight excluding hydrogens is 835 g/mol. The van der Waals surface area contributed by atoms with Gasteiger partial charge in [-0.3, -0.25) is 0 Å². The zero-order chi connectivity index (χ0) is 47.2. The molecule has 0 bridgehead atoms. The van der Waals surface area contributed by atoms with E-state index in [1.165, 1.54) is 21.2 Å². The van der Waals surface area contributed by atoms with E-state index in [1.807, 2.05) is 23.5 Å². The Kier molecular flexibility index (Phi) is 15.7. The Hall–Kier alpha value is -4.98. The van der Waals surface area contributed by atoms with Crippen LogP contribution in [0.4, 0.5) is 34.1 Å². The maximum absolute atomic E-state index is 11.2. The lowest BCUT2D eigenvalue weighted by Crippen LogP contribution is -2.19. The molecule has 0 aliphatic heterocycles. The highest BCUT2D eigenvalue weighted by Gasteiger charge is 2.28. The quantitative estimate of drug-likeness (QED) is 0.0661. The summed E-state index contributed by atoms with van der Waals surface area (Å²) >= 11 is 3.75. The fraction of sp³-hybridized carbons (Fsp3) is 0.379. The van der Waals surface area contributed by atoms with E-state index in [0.29, 0.717) is 11.5 Å². The molecule has 0 saturated carbocycles. The van der Waals surface area contributed by atoms with E-state index in [2.05, 4.69) is 232 Å². The smallest absolute Gasteiger partial charge is 0.123 e. The molecule has 0 atom stereocenters. The average molecular weight is 908 g/mol. The van der Waals surface area contributed by atoms with Crippen LogP contribution in [0.1, 0.15) is 118 Å². The fourth-order valence-corrected chi connectivity index (χ4v) is 9.96. The predicted octanol–water partition coefficient (Wildman–Crippen LogP) is 16.7. The normalized spacial score (nSPS) is 12.3. The summed E-state index contributed by atoms with van der Waals surface area (Å²) in [4.78, 5) is 7.24. The summed E-state index contributed by atoms with van der Waals surface area (Å²) in [6, 6.07) is 47.6. The van der Waals surface area contributed by atoms with Crippen LogP contribution in [0.15, 0.2) is 143 Å². The van der Waals surface area contributed by atoms with Crippen LogP contribution in [0, 0.1) is 0 Å². The molecule has 6 aromatic carbocycles. The number of thioether (sulfide) groups is 2. The summed E-state index contributed by atoms with van der Waals surface area (Å²) < 4.78 is 0. The van der Waals surface area contributed by atoms with E-state index in [4.69, 9.17) is 0 Å². The second-order valence-electron chi connectivity index (χ2n) is 21.3. The van der Waals surface area contributed by atoms with Crippen LogP contribution in [0.25, 0.3) is 0 Å². The van der Waals surface area contributed by atoms with Gasteiger partial charge in [-0.05, 0) is 143 Å². The number of hydrogen-bond acceptors (Lipinski definition) is 7. The fourth-order valence-electron chi connectivity index (χ4n) is 8.14. The second kappa shape index (κ2) is 20.7. The van der Waals surface area contributed by atoms with E-state index in [0.717, 1.165) is 82.4 Å². The Morgan fingerprint density at radius 3 is 0.954 bits per heavy atom. The SMILES string of the molecule is CC(C)(C)c1cc(SCCCN(c2ccccc2)c2ccc(Nc3ccc(N(CCCSc4cc(C(C)(C)C)c(O)c(C(C)(C)C)c4)c4ccccc4)cc3)cc2)cc(C(C)(C)C)c1O. The number of phenolic OH excluding ortho intramolecular Hbond substituents is 2. The number of benzene rings is 6. The number of anilines is 6. The summed E-state index contributed by atoms with van der Waals surface area (Å²) in [5.41, 5.74) is 10.2. The highest BCUT2D eigenvalue weighted by atomic mass is 32.2. The van der Waals surface area contributed by atoms with Gasteiger partial charge >= 0.3 is 0 Å². The van der Waals surface area contributed by atoms with Gasteiger partial charge in [-0.15, -0.1) is 23.5 Å². The Morgan fingerprint density at radius 1 is 0.400 bits per heavy atom. The number of rotatable bonds is 16. The molecule has 0 aromatic heterocycles.